The number of piperidine rings is 1. The molecule has 0 spiro atoms. The minimum Gasteiger partial charge on any atom is -0.334 e. The Hall–Kier alpha value is -2.11. The van der Waals surface area contributed by atoms with Crippen LogP contribution in [-0.4, -0.2) is 37.3 Å². The highest BCUT2D eigenvalue weighted by Crippen LogP contribution is 2.31. The van der Waals surface area contributed by atoms with Crippen molar-refractivity contribution in [2.24, 2.45) is 0 Å². The summed E-state index contributed by atoms with van der Waals surface area (Å²) in [6, 6.07) is 2.10. The Kier molecular flexibility index (Phi) is 4.27. The number of aromatic amines is 1. The zero-order chi connectivity index (χ0) is 15.5. The van der Waals surface area contributed by atoms with E-state index in [1.807, 2.05) is 41.9 Å². The standard InChI is InChI=1S/C16H23N5O/c1-12-11-17-18-16(12)14-5-3-4-8-21(14)15(22)7-10-20-9-6-13(2)19-20/h6,9,11,14H,3-5,7-8,10H2,1-2H3,(H,17,18)/t14-/m1/s1. The summed E-state index contributed by atoms with van der Waals surface area (Å²) in [7, 11) is 0. The summed E-state index contributed by atoms with van der Waals surface area (Å²) in [4.78, 5) is 14.7. The van der Waals surface area contributed by atoms with Crippen LogP contribution in [0.15, 0.2) is 18.5 Å². The highest BCUT2D eigenvalue weighted by Gasteiger charge is 2.29. The topological polar surface area (TPSA) is 66.8 Å². The van der Waals surface area contributed by atoms with E-state index in [9.17, 15) is 4.79 Å². The summed E-state index contributed by atoms with van der Waals surface area (Å²) in [5.41, 5.74) is 3.20. The number of nitrogens with zero attached hydrogens (tertiary/aromatic N) is 4. The molecule has 3 heterocycles. The molecule has 0 saturated carbocycles. The van der Waals surface area contributed by atoms with Crippen LogP contribution in [0.25, 0.3) is 0 Å². The van der Waals surface area contributed by atoms with Crippen LogP contribution in [-0.2, 0) is 11.3 Å². The van der Waals surface area contributed by atoms with Gasteiger partial charge in [-0.15, -0.1) is 0 Å². The van der Waals surface area contributed by atoms with E-state index in [0.29, 0.717) is 13.0 Å². The van der Waals surface area contributed by atoms with Gasteiger partial charge in [-0.25, -0.2) is 0 Å². The van der Waals surface area contributed by atoms with Crippen LogP contribution in [0.5, 0.6) is 0 Å². The average Bonchev–Trinajstić information content (AvgIpc) is 3.13. The largest absolute Gasteiger partial charge is 0.334 e. The number of likely N-dealkylation sites (tertiary alicyclic amines) is 1. The van der Waals surface area contributed by atoms with Gasteiger partial charge in [-0.2, -0.15) is 10.2 Å². The van der Waals surface area contributed by atoms with E-state index in [1.165, 1.54) is 0 Å². The Morgan fingerprint density at radius 1 is 1.41 bits per heavy atom. The quantitative estimate of drug-likeness (QED) is 0.942. The van der Waals surface area contributed by atoms with Crippen LogP contribution < -0.4 is 0 Å². The normalized spacial score (nSPS) is 18.6. The van der Waals surface area contributed by atoms with Crippen molar-refractivity contribution in [3.05, 3.63) is 35.4 Å². The first-order valence-electron chi connectivity index (χ1n) is 7.94. The van der Waals surface area contributed by atoms with E-state index in [1.54, 1.807) is 0 Å². The van der Waals surface area contributed by atoms with Crippen molar-refractivity contribution in [3.63, 3.8) is 0 Å². The molecule has 0 radical (unpaired) electrons. The fourth-order valence-corrected chi connectivity index (χ4v) is 3.17. The van der Waals surface area contributed by atoms with Gasteiger partial charge in [-0.05, 0) is 44.7 Å². The summed E-state index contributed by atoms with van der Waals surface area (Å²) in [5, 5.41) is 11.5. The van der Waals surface area contributed by atoms with Crippen molar-refractivity contribution in [3.8, 4) is 0 Å². The second-order valence-corrected chi connectivity index (χ2v) is 6.04. The van der Waals surface area contributed by atoms with Crippen molar-refractivity contribution < 1.29 is 4.79 Å². The number of hydrogen-bond acceptors (Lipinski definition) is 3. The molecule has 6 nitrogen and oxygen atoms in total. The van der Waals surface area contributed by atoms with Gasteiger partial charge in [0.15, 0.2) is 0 Å². The van der Waals surface area contributed by atoms with Gasteiger partial charge in [0.25, 0.3) is 0 Å². The molecule has 0 aromatic carbocycles. The van der Waals surface area contributed by atoms with Gasteiger partial charge < -0.3 is 4.90 Å². The Labute approximate surface area is 130 Å². The average molecular weight is 301 g/mol. The van der Waals surface area contributed by atoms with Crippen molar-refractivity contribution in [2.45, 2.75) is 52.1 Å². The molecule has 1 amide bonds. The Bertz CT molecular complexity index is 645. The second kappa shape index (κ2) is 6.34. The van der Waals surface area contributed by atoms with Crippen LogP contribution >= 0.6 is 0 Å². The predicted molar refractivity (Wildman–Crippen MR) is 83.2 cm³/mol. The number of aryl methyl sites for hydroxylation is 3. The highest BCUT2D eigenvalue weighted by atomic mass is 16.2. The van der Waals surface area contributed by atoms with Crippen molar-refractivity contribution in [1.82, 2.24) is 24.9 Å². The smallest absolute Gasteiger partial charge is 0.224 e. The Morgan fingerprint density at radius 3 is 2.95 bits per heavy atom. The van der Waals surface area contributed by atoms with Gasteiger partial charge in [0.05, 0.1) is 23.6 Å². The number of H-pyrrole nitrogens is 1. The lowest BCUT2D eigenvalue weighted by molar-refractivity contribution is -0.135. The first-order chi connectivity index (χ1) is 10.6. The SMILES string of the molecule is Cc1ccn(CCC(=O)N2CCCC[C@@H]2c2[nH]ncc2C)n1. The molecule has 0 bridgehead atoms. The van der Waals surface area contributed by atoms with E-state index in [-0.39, 0.29) is 11.9 Å². The first-order valence-corrected chi connectivity index (χ1v) is 7.94. The van der Waals surface area contributed by atoms with Crippen LogP contribution in [0.1, 0.15) is 48.7 Å². The molecule has 1 aliphatic rings. The Balaban J connectivity index is 1.67. The molecule has 0 unspecified atom stereocenters. The lowest BCUT2D eigenvalue weighted by Gasteiger charge is -2.35. The molecular weight excluding hydrogens is 278 g/mol. The fourth-order valence-electron chi connectivity index (χ4n) is 3.17. The number of nitrogens with one attached hydrogen (secondary N) is 1. The lowest BCUT2D eigenvalue weighted by Crippen LogP contribution is -2.39. The molecule has 0 aliphatic carbocycles. The van der Waals surface area contributed by atoms with Crippen molar-refractivity contribution >= 4 is 5.91 Å². The van der Waals surface area contributed by atoms with Crippen LogP contribution in [0, 0.1) is 13.8 Å². The van der Waals surface area contributed by atoms with Gasteiger partial charge in [-0.1, -0.05) is 0 Å². The van der Waals surface area contributed by atoms with Gasteiger partial charge in [0.2, 0.25) is 5.91 Å². The zero-order valence-electron chi connectivity index (χ0n) is 13.2. The molecule has 6 heteroatoms. The van der Waals surface area contributed by atoms with Crippen molar-refractivity contribution in [1.29, 1.82) is 0 Å². The molecule has 1 saturated heterocycles. The third-order valence-electron chi connectivity index (χ3n) is 4.35. The number of carbonyl (C=O) groups is 1. The van der Waals surface area contributed by atoms with E-state index in [4.69, 9.17) is 0 Å². The minimum atomic E-state index is 0.142. The fraction of sp³-hybridized carbons (Fsp3) is 0.562. The molecule has 1 N–H and O–H groups in total. The van der Waals surface area contributed by atoms with Crippen LogP contribution in [0.4, 0.5) is 0 Å². The van der Waals surface area contributed by atoms with Crippen LogP contribution in [0.3, 0.4) is 0 Å². The predicted octanol–water partition coefficient (Wildman–Crippen LogP) is 2.37. The van der Waals surface area contributed by atoms with Gasteiger partial charge in [0, 0.05) is 25.7 Å². The third kappa shape index (κ3) is 3.05. The minimum absolute atomic E-state index is 0.142. The molecule has 1 aliphatic heterocycles. The third-order valence-corrected chi connectivity index (χ3v) is 4.35. The molecule has 118 valence electrons. The second-order valence-electron chi connectivity index (χ2n) is 6.04. The number of aromatic nitrogens is 4. The maximum absolute atomic E-state index is 12.6. The molecule has 3 rings (SSSR count). The van der Waals surface area contributed by atoms with Gasteiger partial charge in [-0.3, -0.25) is 14.6 Å². The monoisotopic (exact) mass is 301 g/mol. The molecule has 2 aromatic heterocycles. The number of hydrogen-bond donors (Lipinski definition) is 1. The first kappa shape index (κ1) is 14.8. The van der Waals surface area contributed by atoms with E-state index in [0.717, 1.165) is 42.8 Å². The van der Waals surface area contributed by atoms with Crippen molar-refractivity contribution in [2.75, 3.05) is 6.54 Å². The summed E-state index contributed by atoms with van der Waals surface area (Å²) in [5.74, 6) is 0.201. The van der Waals surface area contributed by atoms with Gasteiger partial charge in [0.1, 0.15) is 0 Å². The van der Waals surface area contributed by atoms with E-state index >= 15 is 0 Å². The summed E-state index contributed by atoms with van der Waals surface area (Å²) in [6.45, 7) is 5.47. The summed E-state index contributed by atoms with van der Waals surface area (Å²) < 4.78 is 1.84. The van der Waals surface area contributed by atoms with Gasteiger partial charge >= 0.3 is 0 Å². The number of amides is 1. The molecule has 1 atom stereocenters. The van der Waals surface area contributed by atoms with E-state index in [2.05, 4.69) is 15.3 Å². The molecule has 1 fully saturated rings. The highest BCUT2D eigenvalue weighted by molar-refractivity contribution is 5.76. The Morgan fingerprint density at radius 2 is 2.27 bits per heavy atom. The summed E-state index contributed by atoms with van der Waals surface area (Å²) in [6.07, 6.45) is 7.50. The molecule has 2 aromatic rings. The maximum atomic E-state index is 12.6. The zero-order valence-corrected chi connectivity index (χ0v) is 13.2. The van der Waals surface area contributed by atoms with Crippen LogP contribution in [0.2, 0.25) is 0 Å². The summed E-state index contributed by atoms with van der Waals surface area (Å²) >= 11 is 0. The maximum Gasteiger partial charge on any atom is 0.224 e. The number of rotatable bonds is 4. The van der Waals surface area contributed by atoms with E-state index < -0.39 is 0 Å². The molecular formula is C16H23N5O. The molecule has 22 heavy (non-hydrogen) atoms. The number of carbonyl (C=O) groups excluding carboxylic acids is 1. The lowest BCUT2D eigenvalue weighted by atomic mass is 9.97.